The van der Waals surface area contributed by atoms with Crippen LogP contribution in [-0.2, 0) is 14.3 Å². The maximum atomic E-state index is 14.4. The Balaban J connectivity index is 1.72. The van der Waals surface area contributed by atoms with Crippen molar-refractivity contribution in [2.75, 3.05) is 29.4 Å². The van der Waals surface area contributed by atoms with E-state index in [2.05, 4.69) is 5.32 Å². The molecule has 2 fully saturated rings. The van der Waals surface area contributed by atoms with Crippen LogP contribution in [0.1, 0.15) is 20.8 Å². The Morgan fingerprint density at radius 2 is 2.08 bits per heavy atom. The van der Waals surface area contributed by atoms with Gasteiger partial charge in [0.05, 0.1) is 29.9 Å². The lowest BCUT2D eigenvalue weighted by atomic mass is 9.82. The Labute approximate surface area is 144 Å². The highest BCUT2D eigenvalue weighted by Crippen LogP contribution is 2.37. The number of rotatable bonds is 4. The number of carbonyl (C=O) groups is 3. The smallest absolute Gasteiger partial charge is 0.414 e. The van der Waals surface area contributed by atoms with Crippen LogP contribution in [0.15, 0.2) is 18.2 Å². The summed E-state index contributed by atoms with van der Waals surface area (Å²) in [6.07, 6.45) is -1.08. The Morgan fingerprint density at radius 1 is 1.36 bits per heavy atom. The maximum absolute atomic E-state index is 14.4. The zero-order chi connectivity index (χ0) is 18.4. The number of amides is 3. The van der Waals surface area contributed by atoms with E-state index in [4.69, 9.17) is 4.74 Å². The molecule has 0 aromatic heterocycles. The highest BCUT2D eigenvalue weighted by atomic mass is 19.1. The average Bonchev–Trinajstić information content (AvgIpc) is 2.92. The molecule has 2 saturated heterocycles. The predicted molar refractivity (Wildman–Crippen MR) is 88.8 cm³/mol. The van der Waals surface area contributed by atoms with Crippen molar-refractivity contribution in [3.63, 3.8) is 0 Å². The van der Waals surface area contributed by atoms with E-state index < -0.39 is 23.4 Å². The Morgan fingerprint density at radius 3 is 2.64 bits per heavy atom. The molecule has 2 aliphatic rings. The number of benzene rings is 1. The number of anilines is 2. The number of nitrogens with zero attached hydrogens (tertiary/aromatic N) is 2. The predicted octanol–water partition coefficient (Wildman–Crippen LogP) is 1.66. The number of nitrogens with one attached hydrogen (secondary N) is 1. The fourth-order valence-electron chi connectivity index (χ4n) is 2.98. The van der Waals surface area contributed by atoms with E-state index >= 15 is 0 Å². The van der Waals surface area contributed by atoms with E-state index in [1.807, 2.05) is 13.8 Å². The molecule has 0 unspecified atom stereocenters. The zero-order valence-corrected chi connectivity index (χ0v) is 14.3. The van der Waals surface area contributed by atoms with E-state index in [0.29, 0.717) is 12.2 Å². The third-order valence-electron chi connectivity index (χ3n) is 4.36. The van der Waals surface area contributed by atoms with Crippen molar-refractivity contribution in [1.82, 2.24) is 5.32 Å². The number of ether oxygens (including phenoxy) is 1. The summed E-state index contributed by atoms with van der Waals surface area (Å²) >= 11 is 0. The number of β-lactam (4-membered cyclic amide) rings is 1. The van der Waals surface area contributed by atoms with Crippen LogP contribution in [0.5, 0.6) is 0 Å². The van der Waals surface area contributed by atoms with Crippen LogP contribution in [0.25, 0.3) is 0 Å². The summed E-state index contributed by atoms with van der Waals surface area (Å²) in [7, 11) is 0. The van der Waals surface area contributed by atoms with Gasteiger partial charge in [-0.25, -0.2) is 9.18 Å². The van der Waals surface area contributed by atoms with E-state index in [0.717, 1.165) is 0 Å². The van der Waals surface area contributed by atoms with Crippen LogP contribution in [0.3, 0.4) is 0 Å². The largest absolute Gasteiger partial charge is 0.442 e. The molecular weight excluding hydrogens is 329 g/mol. The number of cyclic esters (lactones) is 1. The van der Waals surface area contributed by atoms with Gasteiger partial charge in [0.15, 0.2) is 0 Å². The molecule has 1 aromatic rings. The first-order valence-electron chi connectivity index (χ1n) is 8.03. The van der Waals surface area contributed by atoms with E-state index in [1.165, 1.54) is 28.9 Å². The third kappa shape index (κ3) is 3.16. The molecule has 0 aliphatic carbocycles. The molecule has 2 aliphatic heterocycles. The molecule has 0 bridgehead atoms. The summed E-state index contributed by atoms with van der Waals surface area (Å²) in [4.78, 5) is 37.6. The minimum Gasteiger partial charge on any atom is -0.442 e. The van der Waals surface area contributed by atoms with Gasteiger partial charge in [0, 0.05) is 13.5 Å². The van der Waals surface area contributed by atoms with Crippen LogP contribution in [0, 0.1) is 11.2 Å². The van der Waals surface area contributed by atoms with Crippen molar-refractivity contribution in [1.29, 1.82) is 0 Å². The quantitative estimate of drug-likeness (QED) is 0.839. The van der Waals surface area contributed by atoms with E-state index in [1.54, 1.807) is 6.07 Å². The van der Waals surface area contributed by atoms with Crippen LogP contribution in [-0.4, -0.2) is 43.6 Å². The van der Waals surface area contributed by atoms with Gasteiger partial charge in [-0.2, -0.15) is 0 Å². The molecule has 0 spiro atoms. The normalized spacial score (nSPS) is 21.8. The van der Waals surface area contributed by atoms with Crippen molar-refractivity contribution in [3.05, 3.63) is 24.0 Å². The summed E-state index contributed by atoms with van der Waals surface area (Å²) in [5, 5.41) is 2.58. The summed E-state index contributed by atoms with van der Waals surface area (Å²) in [5.41, 5.74) is 0.0834. The Kier molecular flexibility index (Phi) is 4.14. The molecule has 3 amide bonds. The topological polar surface area (TPSA) is 79.0 Å². The molecule has 25 heavy (non-hydrogen) atoms. The number of hydrogen-bond acceptors (Lipinski definition) is 4. The lowest BCUT2D eigenvalue weighted by molar-refractivity contribution is -0.132. The molecule has 0 radical (unpaired) electrons. The second-order valence-corrected chi connectivity index (χ2v) is 6.96. The van der Waals surface area contributed by atoms with Gasteiger partial charge in [0.25, 0.3) is 0 Å². The van der Waals surface area contributed by atoms with Crippen LogP contribution in [0.2, 0.25) is 0 Å². The summed E-state index contributed by atoms with van der Waals surface area (Å²) < 4.78 is 19.6. The molecule has 1 atom stereocenters. The molecule has 0 saturated carbocycles. The third-order valence-corrected chi connectivity index (χ3v) is 4.36. The molecule has 3 rings (SSSR count). The van der Waals surface area contributed by atoms with Gasteiger partial charge in [0.1, 0.15) is 11.9 Å². The number of halogens is 1. The molecule has 7 nitrogen and oxygen atoms in total. The molecule has 1 N–H and O–H groups in total. The fraction of sp³-hybridized carbons (Fsp3) is 0.471. The summed E-state index contributed by atoms with van der Waals surface area (Å²) in [5.74, 6) is -0.915. The minimum absolute atomic E-state index is 0.130. The molecule has 8 heteroatoms. The highest BCUT2D eigenvalue weighted by Gasteiger charge is 2.45. The van der Waals surface area contributed by atoms with Gasteiger partial charge in [0.2, 0.25) is 11.8 Å². The molecule has 1 aromatic carbocycles. The van der Waals surface area contributed by atoms with Crippen molar-refractivity contribution < 1.29 is 23.5 Å². The lowest BCUT2D eigenvalue weighted by Crippen LogP contribution is -2.59. The monoisotopic (exact) mass is 349 g/mol. The maximum Gasteiger partial charge on any atom is 0.414 e. The second-order valence-electron chi connectivity index (χ2n) is 6.96. The first-order chi connectivity index (χ1) is 11.7. The van der Waals surface area contributed by atoms with Gasteiger partial charge in [-0.1, -0.05) is 0 Å². The van der Waals surface area contributed by atoms with E-state index in [9.17, 15) is 18.8 Å². The van der Waals surface area contributed by atoms with Gasteiger partial charge in [-0.3, -0.25) is 14.5 Å². The Bertz CT molecular complexity index is 749. The lowest BCUT2D eigenvalue weighted by Gasteiger charge is -2.44. The molecule has 2 heterocycles. The Hall–Kier alpha value is -2.64. The van der Waals surface area contributed by atoms with Crippen LogP contribution >= 0.6 is 0 Å². The highest BCUT2D eigenvalue weighted by molar-refractivity contribution is 6.04. The van der Waals surface area contributed by atoms with Gasteiger partial charge >= 0.3 is 6.09 Å². The molecule has 134 valence electrons. The summed E-state index contributed by atoms with van der Waals surface area (Å²) in [6.45, 7) is 5.87. The van der Waals surface area contributed by atoms with Gasteiger partial charge < -0.3 is 15.0 Å². The fourth-order valence-corrected chi connectivity index (χ4v) is 2.98. The van der Waals surface area contributed by atoms with E-state index in [-0.39, 0.29) is 30.6 Å². The van der Waals surface area contributed by atoms with Crippen molar-refractivity contribution >= 4 is 29.3 Å². The second kappa shape index (κ2) is 6.02. The first-order valence-corrected chi connectivity index (χ1v) is 8.03. The summed E-state index contributed by atoms with van der Waals surface area (Å²) in [6, 6.07) is 4.29. The van der Waals surface area contributed by atoms with Crippen molar-refractivity contribution in [2.45, 2.75) is 26.9 Å². The number of carbonyl (C=O) groups excluding carboxylic acids is 3. The van der Waals surface area contributed by atoms with Crippen LogP contribution < -0.4 is 15.1 Å². The zero-order valence-electron chi connectivity index (χ0n) is 14.3. The number of hydrogen-bond donors (Lipinski definition) is 1. The first kappa shape index (κ1) is 17.2. The van der Waals surface area contributed by atoms with Gasteiger partial charge in [-0.15, -0.1) is 0 Å². The van der Waals surface area contributed by atoms with Crippen molar-refractivity contribution in [3.8, 4) is 0 Å². The van der Waals surface area contributed by atoms with Gasteiger partial charge in [-0.05, 0) is 32.0 Å². The SMILES string of the molecule is CC(=O)NC[C@H]1CN(c2ccc(N3CC(C)(C)C3=O)c(F)c2)C(=O)O1. The van der Waals surface area contributed by atoms with Crippen molar-refractivity contribution in [2.24, 2.45) is 5.41 Å². The average molecular weight is 349 g/mol. The standard InChI is InChI=1S/C17H20FN3O4/c1-10(22)19-7-12-8-20(16(24)25-12)11-4-5-14(13(18)6-11)21-9-17(2,3)15(21)23/h4-6,12H,7-9H2,1-3H3,(H,19,22)/t12-/m0/s1. The minimum atomic E-state index is -0.594. The molecular formula is C17H20FN3O4. The van der Waals surface area contributed by atoms with Crippen LogP contribution in [0.4, 0.5) is 20.6 Å².